The Labute approximate surface area is 105 Å². The molecule has 98 valence electrons. The Hall–Kier alpha value is -1.24. The van der Waals surface area contributed by atoms with Gasteiger partial charge in [0.2, 0.25) is 11.8 Å². The Morgan fingerprint density at radius 2 is 2.00 bits per heavy atom. The van der Waals surface area contributed by atoms with Crippen LogP contribution in [0.15, 0.2) is 0 Å². The summed E-state index contributed by atoms with van der Waals surface area (Å²) >= 11 is 1.58. The number of carbonyl (C=O) groups is 3. The summed E-state index contributed by atoms with van der Waals surface area (Å²) in [5.74, 6) is -0.831. The van der Waals surface area contributed by atoms with Crippen molar-refractivity contribution in [1.29, 1.82) is 0 Å². The van der Waals surface area contributed by atoms with Crippen molar-refractivity contribution in [3.05, 3.63) is 0 Å². The van der Waals surface area contributed by atoms with Crippen molar-refractivity contribution in [2.75, 3.05) is 18.6 Å². The van der Waals surface area contributed by atoms with Crippen molar-refractivity contribution in [2.45, 2.75) is 25.8 Å². The molecule has 0 aromatic heterocycles. The molecule has 0 bridgehead atoms. The van der Waals surface area contributed by atoms with Crippen LogP contribution in [0.3, 0.4) is 0 Å². The van der Waals surface area contributed by atoms with E-state index in [9.17, 15) is 14.4 Å². The van der Waals surface area contributed by atoms with Crippen LogP contribution < -0.4 is 10.6 Å². The number of rotatable bonds is 8. The van der Waals surface area contributed by atoms with Gasteiger partial charge in [0.05, 0.1) is 6.42 Å². The molecule has 2 amide bonds. The fourth-order valence-corrected chi connectivity index (χ4v) is 1.64. The normalized spacial score (nSPS) is 11.6. The minimum atomic E-state index is -0.967. The van der Waals surface area contributed by atoms with Crippen LogP contribution in [0.25, 0.3) is 0 Å². The number of aliphatic carboxylic acids is 1. The van der Waals surface area contributed by atoms with E-state index in [1.807, 2.05) is 6.26 Å². The molecule has 6 nitrogen and oxygen atoms in total. The third kappa shape index (κ3) is 8.56. The van der Waals surface area contributed by atoms with Gasteiger partial charge in [0.25, 0.3) is 0 Å². The van der Waals surface area contributed by atoms with Gasteiger partial charge in [-0.25, -0.2) is 0 Å². The van der Waals surface area contributed by atoms with Gasteiger partial charge < -0.3 is 15.7 Å². The Bertz CT molecular complexity index is 283. The summed E-state index contributed by atoms with van der Waals surface area (Å²) in [6.45, 7) is 1.42. The number of carboxylic acid groups (broad SMARTS) is 1. The second kappa shape index (κ2) is 8.86. The molecule has 0 saturated heterocycles. The summed E-state index contributed by atoms with van der Waals surface area (Å²) in [5.41, 5.74) is 0. The molecule has 3 N–H and O–H groups in total. The predicted molar refractivity (Wildman–Crippen MR) is 65.9 cm³/mol. The number of hydrogen-bond donors (Lipinski definition) is 3. The van der Waals surface area contributed by atoms with Gasteiger partial charge in [-0.1, -0.05) is 0 Å². The SMILES string of the molecule is CSCC[C@H](NC(C)=O)C(=O)NCCC(=O)O. The lowest BCUT2D eigenvalue weighted by molar-refractivity contribution is -0.137. The van der Waals surface area contributed by atoms with E-state index >= 15 is 0 Å². The van der Waals surface area contributed by atoms with E-state index in [2.05, 4.69) is 10.6 Å². The monoisotopic (exact) mass is 262 g/mol. The largest absolute Gasteiger partial charge is 0.481 e. The van der Waals surface area contributed by atoms with Gasteiger partial charge in [-0.2, -0.15) is 11.8 Å². The molecule has 0 aliphatic carbocycles. The highest BCUT2D eigenvalue weighted by molar-refractivity contribution is 7.98. The Morgan fingerprint density at radius 3 is 2.47 bits per heavy atom. The molecule has 0 saturated carbocycles. The molecule has 0 aliphatic heterocycles. The van der Waals surface area contributed by atoms with Crippen molar-refractivity contribution in [3.8, 4) is 0 Å². The standard InChI is InChI=1S/C10H18N2O4S/c1-7(13)12-8(4-6-17-2)10(16)11-5-3-9(14)15/h8H,3-6H2,1-2H3,(H,11,16)(H,12,13)(H,14,15)/t8-/m0/s1. The number of carbonyl (C=O) groups excluding carboxylic acids is 2. The summed E-state index contributed by atoms with van der Waals surface area (Å²) in [7, 11) is 0. The number of carboxylic acids is 1. The first kappa shape index (κ1) is 15.8. The second-order valence-electron chi connectivity index (χ2n) is 3.47. The van der Waals surface area contributed by atoms with Gasteiger partial charge in [-0.15, -0.1) is 0 Å². The summed E-state index contributed by atoms with van der Waals surface area (Å²) < 4.78 is 0. The highest BCUT2D eigenvalue weighted by Crippen LogP contribution is 2.01. The molecule has 0 aromatic rings. The first-order valence-electron chi connectivity index (χ1n) is 5.23. The smallest absolute Gasteiger partial charge is 0.305 e. The molecule has 0 aliphatic rings. The van der Waals surface area contributed by atoms with Crippen LogP contribution in [0.1, 0.15) is 19.8 Å². The Balaban J connectivity index is 4.11. The van der Waals surface area contributed by atoms with Gasteiger partial charge in [-0.05, 0) is 18.4 Å². The van der Waals surface area contributed by atoms with Gasteiger partial charge in [-0.3, -0.25) is 14.4 Å². The Morgan fingerprint density at radius 1 is 1.35 bits per heavy atom. The van der Waals surface area contributed by atoms with E-state index in [0.29, 0.717) is 6.42 Å². The Kier molecular flexibility index (Phi) is 8.21. The average molecular weight is 262 g/mol. The fraction of sp³-hybridized carbons (Fsp3) is 0.700. The molecule has 0 rings (SSSR count). The summed E-state index contributed by atoms with van der Waals surface area (Å²) in [5, 5.41) is 13.5. The summed E-state index contributed by atoms with van der Waals surface area (Å²) in [6, 6.07) is -0.589. The zero-order valence-corrected chi connectivity index (χ0v) is 10.8. The lowest BCUT2D eigenvalue weighted by Gasteiger charge is -2.16. The number of nitrogens with one attached hydrogen (secondary N) is 2. The topological polar surface area (TPSA) is 95.5 Å². The van der Waals surface area contributed by atoms with E-state index in [0.717, 1.165) is 5.75 Å². The van der Waals surface area contributed by atoms with Crippen molar-refractivity contribution < 1.29 is 19.5 Å². The molecule has 1 atom stereocenters. The van der Waals surface area contributed by atoms with Crippen molar-refractivity contribution >= 4 is 29.5 Å². The van der Waals surface area contributed by atoms with Crippen molar-refractivity contribution in [1.82, 2.24) is 10.6 Å². The summed E-state index contributed by atoms with van der Waals surface area (Å²) in [6.07, 6.45) is 2.31. The van der Waals surface area contributed by atoms with E-state index in [4.69, 9.17) is 5.11 Å². The second-order valence-corrected chi connectivity index (χ2v) is 4.45. The quantitative estimate of drug-likeness (QED) is 0.564. The number of thioether (sulfide) groups is 1. The molecule has 0 fully saturated rings. The van der Waals surface area contributed by atoms with Crippen LogP contribution in [-0.2, 0) is 14.4 Å². The van der Waals surface area contributed by atoms with Crippen LogP contribution in [0.2, 0.25) is 0 Å². The molecule has 7 heteroatoms. The fourth-order valence-electron chi connectivity index (χ4n) is 1.17. The first-order valence-corrected chi connectivity index (χ1v) is 6.62. The molecule has 0 unspecified atom stereocenters. The minimum absolute atomic E-state index is 0.0729. The summed E-state index contributed by atoms with van der Waals surface area (Å²) in [4.78, 5) is 32.8. The molecule has 0 heterocycles. The minimum Gasteiger partial charge on any atom is -0.481 e. The molecule has 0 spiro atoms. The first-order chi connectivity index (χ1) is 7.97. The molecule has 17 heavy (non-hydrogen) atoms. The van der Waals surface area contributed by atoms with E-state index < -0.39 is 12.0 Å². The number of amides is 2. The van der Waals surface area contributed by atoms with Gasteiger partial charge in [0.1, 0.15) is 6.04 Å². The van der Waals surface area contributed by atoms with Gasteiger partial charge in [0, 0.05) is 13.5 Å². The van der Waals surface area contributed by atoms with Crippen LogP contribution in [0.4, 0.5) is 0 Å². The van der Waals surface area contributed by atoms with E-state index in [1.165, 1.54) is 6.92 Å². The highest BCUT2D eigenvalue weighted by Gasteiger charge is 2.18. The van der Waals surface area contributed by atoms with Gasteiger partial charge >= 0.3 is 5.97 Å². The van der Waals surface area contributed by atoms with E-state index in [1.54, 1.807) is 11.8 Å². The molecular weight excluding hydrogens is 244 g/mol. The third-order valence-electron chi connectivity index (χ3n) is 1.94. The van der Waals surface area contributed by atoms with Crippen molar-refractivity contribution in [2.24, 2.45) is 0 Å². The maximum Gasteiger partial charge on any atom is 0.305 e. The maximum absolute atomic E-state index is 11.6. The highest BCUT2D eigenvalue weighted by atomic mass is 32.2. The molecule has 0 aromatic carbocycles. The van der Waals surface area contributed by atoms with Crippen LogP contribution >= 0.6 is 11.8 Å². The van der Waals surface area contributed by atoms with E-state index in [-0.39, 0.29) is 24.8 Å². The molecule has 0 radical (unpaired) electrons. The van der Waals surface area contributed by atoms with Crippen LogP contribution in [0.5, 0.6) is 0 Å². The lowest BCUT2D eigenvalue weighted by Crippen LogP contribution is -2.46. The maximum atomic E-state index is 11.6. The molecular formula is C10H18N2O4S. The average Bonchev–Trinajstić information content (AvgIpc) is 2.22. The predicted octanol–water partition coefficient (Wildman–Crippen LogP) is -0.165. The van der Waals surface area contributed by atoms with Crippen LogP contribution in [0, 0.1) is 0 Å². The lowest BCUT2D eigenvalue weighted by atomic mass is 10.2. The third-order valence-corrected chi connectivity index (χ3v) is 2.59. The van der Waals surface area contributed by atoms with Gasteiger partial charge in [0.15, 0.2) is 0 Å². The zero-order valence-electron chi connectivity index (χ0n) is 9.99. The zero-order chi connectivity index (χ0) is 13.3. The van der Waals surface area contributed by atoms with Crippen LogP contribution in [-0.4, -0.2) is 47.5 Å². The van der Waals surface area contributed by atoms with Crippen molar-refractivity contribution in [3.63, 3.8) is 0 Å². The number of hydrogen-bond acceptors (Lipinski definition) is 4.